The molecular formula is C24H27N5O. The van der Waals surface area contributed by atoms with Gasteiger partial charge in [-0.3, -0.25) is 0 Å². The first kappa shape index (κ1) is 19.1. The predicted molar refractivity (Wildman–Crippen MR) is 117 cm³/mol. The first-order valence-corrected chi connectivity index (χ1v) is 11.1. The second-order valence-corrected chi connectivity index (χ2v) is 8.42. The minimum Gasteiger partial charge on any atom is -0.375 e. The monoisotopic (exact) mass is 401 g/mol. The number of fused-ring (bicyclic) bond motifs is 1. The molecule has 1 N–H and O–H groups in total. The van der Waals surface area contributed by atoms with Crippen molar-refractivity contribution in [1.29, 1.82) is 5.26 Å². The van der Waals surface area contributed by atoms with Crippen molar-refractivity contribution in [2.24, 2.45) is 0 Å². The molecule has 2 aromatic heterocycles. The number of rotatable bonds is 4. The summed E-state index contributed by atoms with van der Waals surface area (Å²) in [6.45, 7) is 1.98. The second kappa shape index (κ2) is 8.45. The van der Waals surface area contributed by atoms with E-state index >= 15 is 0 Å². The maximum absolute atomic E-state index is 9.07. The molecule has 0 atom stereocenters. The number of ether oxygens (including phenoxy) is 1. The molecule has 2 fully saturated rings. The van der Waals surface area contributed by atoms with Gasteiger partial charge >= 0.3 is 0 Å². The summed E-state index contributed by atoms with van der Waals surface area (Å²) in [4.78, 5) is 15.0. The van der Waals surface area contributed by atoms with Crippen LogP contribution in [0.15, 0.2) is 36.5 Å². The highest BCUT2D eigenvalue weighted by atomic mass is 16.5. The lowest BCUT2D eigenvalue weighted by atomic mass is 9.97. The highest BCUT2D eigenvalue weighted by Gasteiger charge is 2.24. The molecule has 1 saturated heterocycles. The van der Waals surface area contributed by atoms with Gasteiger partial charge < -0.3 is 14.6 Å². The fourth-order valence-electron chi connectivity index (χ4n) is 4.62. The van der Waals surface area contributed by atoms with Gasteiger partial charge in [0.05, 0.1) is 34.9 Å². The van der Waals surface area contributed by atoms with Gasteiger partial charge in [0.15, 0.2) is 0 Å². The second-order valence-electron chi connectivity index (χ2n) is 8.42. The molecule has 1 aliphatic heterocycles. The van der Waals surface area contributed by atoms with Crippen LogP contribution in [-0.4, -0.2) is 40.2 Å². The predicted octanol–water partition coefficient (Wildman–Crippen LogP) is 4.81. The highest BCUT2D eigenvalue weighted by Crippen LogP contribution is 2.27. The van der Waals surface area contributed by atoms with Gasteiger partial charge in [-0.1, -0.05) is 19.3 Å². The van der Waals surface area contributed by atoms with Crippen molar-refractivity contribution in [3.8, 4) is 17.5 Å². The molecule has 0 radical (unpaired) electrons. The number of pyridine rings is 1. The summed E-state index contributed by atoms with van der Waals surface area (Å²) in [5.74, 6) is 1.79. The van der Waals surface area contributed by atoms with E-state index in [1.807, 2.05) is 18.3 Å². The van der Waals surface area contributed by atoms with Crippen LogP contribution in [0.4, 0.5) is 5.82 Å². The Balaban J connectivity index is 1.22. The van der Waals surface area contributed by atoms with E-state index in [9.17, 15) is 0 Å². The van der Waals surface area contributed by atoms with E-state index in [4.69, 9.17) is 15.0 Å². The Morgan fingerprint density at radius 3 is 2.53 bits per heavy atom. The zero-order valence-electron chi connectivity index (χ0n) is 17.2. The van der Waals surface area contributed by atoms with Crippen LogP contribution in [0.5, 0.6) is 0 Å². The fourth-order valence-corrected chi connectivity index (χ4v) is 4.62. The zero-order valence-corrected chi connectivity index (χ0v) is 17.2. The number of nitrogens with one attached hydrogen (secondary N) is 1. The van der Waals surface area contributed by atoms with E-state index in [1.54, 1.807) is 6.07 Å². The van der Waals surface area contributed by atoms with Crippen molar-refractivity contribution in [2.75, 3.05) is 18.0 Å². The lowest BCUT2D eigenvalue weighted by Gasteiger charge is -2.35. The molecule has 0 amide bonds. The van der Waals surface area contributed by atoms with Crippen LogP contribution in [0.2, 0.25) is 0 Å². The third-order valence-corrected chi connectivity index (χ3v) is 6.34. The molecule has 154 valence electrons. The standard InChI is InChI=1S/C24H27N5O/c25-15-17-6-8-21-22(14-17)28-24(27-21)18-7-9-23(26-16-18)29-12-10-20(11-13-29)30-19-4-2-1-3-5-19/h6-9,14,16,19-20H,1-5,10-13H2,(H,27,28). The van der Waals surface area contributed by atoms with Gasteiger partial charge in [0.1, 0.15) is 11.6 Å². The Labute approximate surface area is 176 Å². The Kier molecular flexibility index (Phi) is 5.37. The molecular weight excluding hydrogens is 374 g/mol. The van der Waals surface area contributed by atoms with E-state index in [0.29, 0.717) is 17.8 Å². The van der Waals surface area contributed by atoms with E-state index in [2.05, 4.69) is 33.1 Å². The topological polar surface area (TPSA) is 77.8 Å². The van der Waals surface area contributed by atoms with E-state index in [0.717, 1.165) is 54.2 Å². The fraction of sp³-hybridized carbons (Fsp3) is 0.458. The summed E-state index contributed by atoms with van der Waals surface area (Å²) in [6.07, 6.45) is 11.4. The number of nitrogens with zero attached hydrogens (tertiary/aromatic N) is 4. The smallest absolute Gasteiger partial charge is 0.140 e. The van der Waals surface area contributed by atoms with Crippen molar-refractivity contribution in [3.63, 3.8) is 0 Å². The molecule has 0 spiro atoms. The molecule has 3 heterocycles. The summed E-state index contributed by atoms with van der Waals surface area (Å²) < 4.78 is 6.36. The summed E-state index contributed by atoms with van der Waals surface area (Å²) in [6, 6.07) is 11.8. The molecule has 6 heteroatoms. The van der Waals surface area contributed by atoms with Crippen molar-refractivity contribution in [2.45, 2.75) is 57.2 Å². The van der Waals surface area contributed by atoms with E-state index in [-0.39, 0.29) is 0 Å². The molecule has 1 aliphatic carbocycles. The number of aromatic amines is 1. The number of nitriles is 1. The van der Waals surface area contributed by atoms with Gasteiger partial charge in [0, 0.05) is 24.8 Å². The molecule has 0 unspecified atom stereocenters. The number of benzene rings is 1. The first-order chi connectivity index (χ1) is 14.8. The maximum Gasteiger partial charge on any atom is 0.140 e. The number of hydrogen-bond donors (Lipinski definition) is 1. The van der Waals surface area contributed by atoms with Crippen molar-refractivity contribution >= 4 is 16.9 Å². The quantitative estimate of drug-likeness (QED) is 0.678. The third kappa shape index (κ3) is 4.03. The summed E-state index contributed by atoms with van der Waals surface area (Å²) >= 11 is 0. The first-order valence-electron chi connectivity index (χ1n) is 11.1. The van der Waals surface area contributed by atoms with Gasteiger partial charge in [0.2, 0.25) is 0 Å². The van der Waals surface area contributed by atoms with Crippen LogP contribution < -0.4 is 4.90 Å². The average Bonchev–Trinajstić information content (AvgIpc) is 3.24. The normalized spacial score (nSPS) is 18.6. The largest absolute Gasteiger partial charge is 0.375 e. The third-order valence-electron chi connectivity index (χ3n) is 6.34. The lowest BCUT2D eigenvalue weighted by molar-refractivity contribution is -0.0395. The Morgan fingerprint density at radius 1 is 1.00 bits per heavy atom. The average molecular weight is 402 g/mol. The van der Waals surface area contributed by atoms with Gasteiger partial charge in [-0.05, 0) is 56.0 Å². The highest BCUT2D eigenvalue weighted by molar-refractivity contribution is 5.80. The number of aromatic nitrogens is 3. The molecule has 6 nitrogen and oxygen atoms in total. The van der Waals surface area contributed by atoms with Gasteiger partial charge in [-0.2, -0.15) is 5.26 Å². The molecule has 30 heavy (non-hydrogen) atoms. The minimum atomic E-state index is 0.400. The number of anilines is 1. The molecule has 1 aromatic carbocycles. The maximum atomic E-state index is 9.07. The van der Waals surface area contributed by atoms with Crippen LogP contribution in [-0.2, 0) is 4.74 Å². The van der Waals surface area contributed by atoms with E-state index < -0.39 is 0 Å². The van der Waals surface area contributed by atoms with Gasteiger partial charge in [-0.15, -0.1) is 0 Å². The SMILES string of the molecule is N#Cc1ccc2nc(-c3ccc(N4CCC(OC5CCCCC5)CC4)nc3)[nH]c2c1. The number of hydrogen-bond acceptors (Lipinski definition) is 5. The number of H-pyrrole nitrogens is 1. The van der Waals surface area contributed by atoms with E-state index in [1.165, 1.54) is 32.1 Å². The van der Waals surface area contributed by atoms with Crippen LogP contribution in [0.3, 0.4) is 0 Å². The van der Waals surface area contributed by atoms with Gasteiger partial charge in [-0.25, -0.2) is 9.97 Å². The molecule has 0 bridgehead atoms. The zero-order chi connectivity index (χ0) is 20.3. The van der Waals surface area contributed by atoms with Crippen LogP contribution in [0.25, 0.3) is 22.4 Å². The molecule has 5 rings (SSSR count). The van der Waals surface area contributed by atoms with Crippen molar-refractivity contribution in [1.82, 2.24) is 15.0 Å². The van der Waals surface area contributed by atoms with Crippen LogP contribution >= 0.6 is 0 Å². The summed E-state index contributed by atoms with van der Waals surface area (Å²) in [5.41, 5.74) is 3.30. The Hall–Kier alpha value is -2.91. The molecule has 3 aromatic rings. The number of piperidine rings is 1. The Bertz CT molecular complexity index is 1040. The molecule has 2 aliphatic rings. The number of imidazole rings is 1. The lowest BCUT2D eigenvalue weighted by Crippen LogP contribution is -2.39. The van der Waals surface area contributed by atoms with Crippen molar-refractivity contribution < 1.29 is 4.74 Å². The Morgan fingerprint density at radius 2 is 1.80 bits per heavy atom. The molecule has 1 saturated carbocycles. The minimum absolute atomic E-state index is 0.400. The summed E-state index contributed by atoms with van der Waals surface area (Å²) in [5, 5.41) is 9.07. The van der Waals surface area contributed by atoms with Crippen LogP contribution in [0, 0.1) is 11.3 Å². The van der Waals surface area contributed by atoms with Crippen molar-refractivity contribution in [3.05, 3.63) is 42.1 Å². The van der Waals surface area contributed by atoms with Gasteiger partial charge in [0.25, 0.3) is 0 Å². The van der Waals surface area contributed by atoms with Crippen LogP contribution in [0.1, 0.15) is 50.5 Å². The summed E-state index contributed by atoms with van der Waals surface area (Å²) in [7, 11) is 0.